The number of anilines is 1. The lowest BCUT2D eigenvalue weighted by Crippen LogP contribution is -2.44. The number of rotatable bonds is 3. The Hall–Kier alpha value is -1.65. The van der Waals surface area contributed by atoms with Crippen molar-refractivity contribution in [1.29, 1.82) is 0 Å². The van der Waals surface area contributed by atoms with Gasteiger partial charge in [-0.15, -0.1) is 0 Å². The number of aromatic nitrogens is 2. The summed E-state index contributed by atoms with van der Waals surface area (Å²) < 4.78 is 0. The van der Waals surface area contributed by atoms with Gasteiger partial charge in [-0.2, -0.15) is 0 Å². The van der Waals surface area contributed by atoms with Gasteiger partial charge >= 0.3 is 0 Å². The van der Waals surface area contributed by atoms with Crippen molar-refractivity contribution in [2.45, 2.75) is 51.6 Å². The number of amides is 1. The van der Waals surface area contributed by atoms with E-state index in [2.05, 4.69) is 20.2 Å². The van der Waals surface area contributed by atoms with Gasteiger partial charge in [-0.25, -0.2) is 9.97 Å². The Bertz CT molecular complexity index is 478. The molecule has 0 bridgehead atoms. The normalized spacial score (nSPS) is 22.6. The van der Waals surface area contributed by atoms with Crippen LogP contribution < -0.4 is 10.2 Å². The first-order valence-electron chi connectivity index (χ1n) is 7.03. The van der Waals surface area contributed by atoms with Crippen LogP contribution in [-0.4, -0.2) is 34.5 Å². The van der Waals surface area contributed by atoms with Crippen LogP contribution in [0.2, 0.25) is 0 Å². The molecule has 3 rings (SSSR count). The van der Waals surface area contributed by atoms with Crippen molar-refractivity contribution in [1.82, 2.24) is 15.3 Å². The summed E-state index contributed by atoms with van der Waals surface area (Å²) in [6, 6.07) is 2.33. The van der Waals surface area contributed by atoms with Crippen molar-refractivity contribution in [3.63, 3.8) is 0 Å². The maximum absolute atomic E-state index is 12.3. The van der Waals surface area contributed by atoms with E-state index >= 15 is 0 Å². The third kappa shape index (κ3) is 2.69. The number of carbonyl (C=O) groups is 1. The Labute approximate surface area is 113 Å². The highest BCUT2D eigenvalue weighted by atomic mass is 16.2. The smallest absolute Gasteiger partial charge is 0.242 e. The van der Waals surface area contributed by atoms with Gasteiger partial charge in [-0.05, 0) is 39.5 Å². The molecule has 1 aliphatic heterocycles. The van der Waals surface area contributed by atoms with Crippen LogP contribution >= 0.6 is 0 Å². The SMILES string of the molecule is Cc1cc(N2CCC[C@H]2C(=O)NC2CC2)nc(C)n1. The first-order valence-corrected chi connectivity index (χ1v) is 7.03. The van der Waals surface area contributed by atoms with E-state index < -0.39 is 0 Å². The molecule has 1 saturated heterocycles. The average molecular weight is 260 g/mol. The minimum atomic E-state index is -0.0608. The third-order valence-corrected chi connectivity index (χ3v) is 3.73. The number of nitrogens with zero attached hydrogens (tertiary/aromatic N) is 3. The molecule has 2 aliphatic rings. The van der Waals surface area contributed by atoms with E-state index in [1.807, 2.05) is 19.9 Å². The predicted molar refractivity (Wildman–Crippen MR) is 73.0 cm³/mol. The van der Waals surface area contributed by atoms with Crippen molar-refractivity contribution in [3.8, 4) is 0 Å². The quantitative estimate of drug-likeness (QED) is 0.891. The van der Waals surface area contributed by atoms with Gasteiger partial charge in [0.05, 0.1) is 0 Å². The summed E-state index contributed by atoms with van der Waals surface area (Å²) in [5.74, 6) is 1.82. The Morgan fingerprint density at radius 1 is 1.32 bits per heavy atom. The molecule has 1 N–H and O–H groups in total. The molecule has 1 aromatic heterocycles. The molecule has 1 aliphatic carbocycles. The van der Waals surface area contributed by atoms with Crippen molar-refractivity contribution < 1.29 is 4.79 Å². The molecule has 0 radical (unpaired) electrons. The van der Waals surface area contributed by atoms with Crippen molar-refractivity contribution in [2.24, 2.45) is 0 Å². The summed E-state index contributed by atoms with van der Waals surface area (Å²) in [7, 11) is 0. The number of carbonyl (C=O) groups excluding carboxylic acids is 1. The van der Waals surface area contributed by atoms with Crippen LogP contribution in [0.25, 0.3) is 0 Å². The van der Waals surface area contributed by atoms with E-state index in [0.717, 1.165) is 49.6 Å². The molecule has 1 saturated carbocycles. The largest absolute Gasteiger partial charge is 0.352 e. The zero-order valence-corrected chi connectivity index (χ0v) is 11.5. The fraction of sp³-hybridized carbons (Fsp3) is 0.643. The molecule has 1 amide bonds. The summed E-state index contributed by atoms with van der Waals surface area (Å²) in [5.41, 5.74) is 0.954. The lowest BCUT2D eigenvalue weighted by molar-refractivity contribution is -0.122. The Balaban J connectivity index is 1.79. The highest BCUT2D eigenvalue weighted by molar-refractivity contribution is 5.86. The summed E-state index contributed by atoms with van der Waals surface area (Å²) in [6.07, 6.45) is 4.22. The molecule has 1 atom stereocenters. The zero-order valence-electron chi connectivity index (χ0n) is 11.5. The standard InChI is InChI=1S/C14H20N4O/c1-9-8-13(16-10(2)15-9)18-7-3-4-12(18)14(19)17-11-5-6-11/h8,11-12H,3-7H2,1-2H3,(H,17,19)/t12-/m0/s1. The maximum Gasteiger partial charge on any atom is 0.242 e. The van der Waals surface area contributed by atoms with Crippen LogP contribution in [0.5, 0.6) is 0 Å². The van der Waals surface area contributed by atoms with Gasteiger partial charge in [-0.1, -0.05) is 0 Å². The van der Waals surface area contributed by atoms with E-state index in [0.29, 0.717) is 6.04 Å². The predicted octanol–water partition coefficient (Wildman–Crippen LogP) is 1.34. The topological polar surface area (TPSA) is 58.1 Å². The minimum Gasteiger partial charge on any atom is -0.352 e. The summed E-state index contributed by atoms with van der Waals surface area (Å²) in [5, 5.41) is 3.10. The summed E-state index contributed by atoms with van der Waals surface area (Å²) >= 11 is 0. The molecule has 5 heteroatoms. The highest BCUT2D eigenvalue weighted by Gasteiger charge is 2.34. The Kier molecular flexibility index (Phi) is 3.12. The minimum absolute atomic E-state index is 0.0608. The van der Waals surface area contributed by atoms with Crippen LogP contribution in [0.15, 0.2) is 6.07 Å². The monoisotopic (exact) mass is 260 g/mol. The molecule has 5 nitrogen and oxygen atoms in total. The molecular formula is C14H20N4O. The lowest BCUT2D eigenvalue weighted by atomic mass is 10.2. The summed E-state index contributed by atoms with van der Waals surface area (Å²) in [6.45, 7) is 4.76. The molecule has 0 aromatic carbocycles. The molecule has 0 spiro atoms. The second-order valence-corrected chi connectivity index (χ2v) is 5.55. The number of hydrogen-bond donors (Lipinski definition) is 1. The third-order valence-electron chi connectivity index (χ3n) is 3.73. The van der Waals surface area contributed by atoms with E-state index in [1.165, 1.54) is 0 Å². The molecule has 102 valence electrons. The zero-order chi connectivity index (χ0) is 13.4. The van der Waals surface area contributed by atoms with Crippen LogP contribution in [0.4, 0.5) is 5.82 Å². The molecule has 2 heterocycles. The van der Waals surface area contributed by atoms with Gasteiger partial charge in [0.1, 0.15) is 17.7 Å². The van der Waals surface area contributed by atoms with E-state index in [-0.39, 0.29) is 11.9 Å². The number of aryl methyl sites for hydroxylation is 2. The molecule has 19 heavy (non-hydrogen) atoms. The Morgan fingerprint density at radius 2 is 2.11 bits per heavy atom. The van der Waals surface area contributed by atoms with Crippen LogP contribution in [0.1, 0.15) is 37.2 Å². The van der Waals surface area contributed by atoms with Gasteiger partial charge in [0.2, 0.25) is 5.91 Å². The second-order valence-electron chi connectivity index (χ2n) is 5.55. The molecule has 1 aromatic rings. The van der Waals surface area contributed by atoms with Gasteiger partial charge in [-0.3, -0.25) is 4.79 Å². The van der Waals surface area contributed by atoms with Crippen molar-refractivity contribution >= 4 is 11.7 Å². The van der Waals surface area contributed by atoms with E-state index in [4.69, 9.17) is 0 Å². The first-order chi connectivity index (χ1) is 9.13. The van der Waals surface area contributed by atoms with Crippen LogP contribution in [-0.2, 0) is 4.79 Å². The van der Waals surface area contributed by atoms with Crippen molar-refractivity contribution in [3.05, 3.63) is 17.6 Å². The lowest BCUT2D eigenvalue weighted by Gasteiger charge is -2.25. The van der Waals surface area contributed by atoms with E-state index in [9.17, 15) is 4.79 Å². The fourth-order valence-electron chi connectivity index (χ4n) is 2.68. The van der Waals surface area contributed by atoms with Gasteiger partial charge < -0.3 is 10.2 Å². The van der Waals surface area contributed by atoms with Gasteiger partial charge in [0, 0.05) is 24.3 Å². The number of hydrogen-bond acceptors (Lipinski definition) is 4. The highest BCUT2D eigenvalue weighted by Crippen LogP contribution is 2.26. The van der Waals surface area contributed by atoms with Crippen LogP contribution in [0, 0.1) is 13.8 Å². The second kappa shape index (κ2) is 4.79. The summed E-state index contributed by atoms with van der Waals surface area (Å²) in [4.78, 5) is 23.2. The van der Waals surface area contributed by atoms with Crippen molar-refractivity contribution in [2.75, 3.05) is 11.4 Å². The number of nitrogens with one attached hydrogen (secondary N) is 1. The molecule has 2 fully saturated rings. The van der Waals surface area contributed by atoms with Gasteiger partial charge in [0.25, 0.3) is 0 Å². The fourth-order valence-corrected chi connectivity index (χ4v) is 2.68. The molecule has 0 unspecified atom stereocenters. The Morgan fingerprint density at radius 3 is 2.79 bits per heavy atom. The first kappa shape index (κ1) is 12.4. The molecular weight excluding hydrogens is 240 g/mol. The van der Waals surface area contributed by atoms with Crippen LogP contribution in [0.3, 0.4) is 0 Å². The average Bonchev–Trinajstić information content (AvgIpc) is 3.02. The maximum atomic E-state index is 12.3. The van der Waals surface area contributed by atoms with E-state index in [1.54, 1.807) is 0 Å². The van der Waals surface area contributed by atoms with Gasteiger partial charge in [0.15, 0.2) is 0 Å².